The minimum atomic E-state index is -0.234. The molecule has 0 amide bonds. The maximum atomic E-state index is 12.0. The van der Waals surface area contributed by atoms with Crippen LogP contribution < -0.4 is 0 Å². The molecule has 0 radical (unpaired) electrons. The molecule has 6 unspecified atom stereocenters. The van der Waals surface area contributed by atoms with E-state index in [9.17, 15) is 14.4 Å². The van der Waals surface area contributed by atoms with Crippen LogP contribution in [0, 0.1) is 34.5 Å². The van der Waals surface area contributed by atoms with Crippen LogP contribution in [0.15, 0.2) is 0 Å². The molecular weight excluding hydrogens is 396 g/mol. The lowest BCUT2D eigenvalue weighted by Crippen LogP contribution is -2.58. The lowest BCUT2D eigenvalue weighted by Gasteiger charge is -2.62. The van der Waals surface area contributed by atoms with E-state index in [0.717, 1.165) is 44.9 Å². The second-order valence-electron chi connectivity index (χ2n) is 11.2. The van der Waals surface area contributed by atoms with E-state index in [0.29, 0.717) is 17.8 Å². The molecule has 9 atom stereocenters. The highest BCUT2D eigenvalue weighted by Gasteiger charge is 2.62. The van der Waals surface area contributed by atoms with Crippen LogP contribution in [0.25, 0.3) is 0 Å². The van der Waals surface area contributed by atoms with Crippen LogP contribution in [0.1, 0.15) is 86.0 Å². The van der Waals surface area contributed by atoms with E-state index in [4.69, 9.17) is 14.2 Å². The average Bonchev–Trinajstić information content (AvgIpc) is 2.97. The summed E-state index contributed by atoms with van der Waals surface area (Å²) in [7, 11) is 0. The van der Waals surface area contributed by atoms with Crippen molar-refractivity contribution in [2.24, 2.45) is 34.5 Å². The van der Waals surface area contributed by atoms with Gasteiger partial charge in [-0.3, -0.25) is 14.4 Å². The Morgan fingerprint density at radius 2 is 1.32 bits per heavy atom. The molecule has 4 aliphatic rings. The van der Waals surface area contributed by atoms with Crippen molar-refractivity contribution in [3.8, 4) is 0 Å². The number of hydrogen-bond donors (Lipinski definition) is 0. The minimum absolute atomic E-state index is 0.00339. The Hall–Kier alpha value is -1.59. The molecule has 0 heterocycles. The number of esters is 3. The average molecular weight is 435 g/mol. The van der Waals surface area contributed by atoms with Crippen molar-refractivity contribution in [3.63, 3.8) is 0 Å². The molecular formula is C25H38O6. The van der Waals surface area contributed by atoms with Crippen LogP contribution >= 0.6 is 0 Å². The quantitative estimate of drug-likeness (QED) is 0.483. The molecule has 0 aromatic rings. The van der Waals surface area contributed by atoms with Crippen molar-refractivity contribution in [3.05, 3.63) is 0 Å². The first-order chi connectivity index (χ1) is 14.5. The molecule has 4 fully saturated rings. The Morgan fingerprint density at radius 3 is 1.97 bits per heavy atom. The molecule has 0 aromatic heterocycles. The topological polar surface area (TPSA) is 78.9 Å². The Balaban J connectivity index is 1.61. The van der Waals surface area contributed by atoms with Gasteiger partial charge in [0.05, 0.1) is 0 Å². The normalized spacial score (nSPS) is 46.2. The number of carbonyl (C=O) groups is 3. The van der Waals surface area contributed by atoms with Gasteiger partial charge in [-0.25, -0.2) is 0 Å². The van der Waals surface area contributed by atoms with Crippen molar-refractivity contribution in [2.45, 2.75) is 104 Å². The summed E-state index contributed by atoms with van der Waals surface area (Å²) in [5, 5.41) is 0. The van der Waals surface area contributed by atoms with Gasteiger partial charge in [0.2, 0.25) is 0 Å². The number of hydrogen-bond acceptors (Lipinski definition) is 6. The highest BCUT2D eigenvalue weighted by molar-refractivity contribution is 5.67. The van der Waals surface area contributed by atoms with Gasteiger partial charge in [-0.2, -0.15) is 0 Å². The Labute approximate surface area is 185 Å². The first kappa shape index (κ1) is 22.6. The van der Waals surface area contributed by atoms with Gasteiger partial charge in [0.1, 0.15) is 18.3 Å². The van der Waals surface area contributed by atoms with Gasteiger partial charge in [0.25, 0.3) is 0 Å². The molecule has 0 N–H and O–H groups in total. The predicted octanol–water partition coefficient (Wildman–Crippen LogP) is 4.43. The molecule has 0 aliphatic heterocycles. The molecule has 0 spiro atoms. The third-order valence-corrected chi connectivity index (χ3v) is 9.32. The van der Waals surface area contributed by atoms with Gasteiger partial charge in [-0.05, 0) is 80.0 Å². The molecule has 0 aromatic carbocycles. The largest absolute Gasteiger partial charge is 0.463 e. The van der Waals surface area contributed by atoms with Crippen molar-refractivity contribution < 1.29 is 28.6 Å². The summed E-state index contributed by atoms with van der Waals surface area (Å²) in [6.45, 7) is 9.21. The van der Waals surface area contributed by atoms with Crippen molar-refractivity contribution in [1.82, 2.24) is 0 Å². The number of ether oxygens (including phenoxy) is 3. The van der Waals surface area contributed by atoms with Gasteiger partial charge in [-0.1, -0.05) is 13.8 Å². The fraction of sp³-hybridized carbons (Fsp3) is 0.880. The van der Waals surface area contributed by atoms with Crippen LogP contribution in [0.5, 0.6) is 0 Å². The molecule has 0 bridgehead atoms. The van der Waals surface area contributed by atoms with Crippen molar-refractivity contribution in [2.75, 3.05) is 0 Å². The molecule has 174 valence electrons. The van der Waals surface area contributed by atoms with Crippen LogP contribution in [0.2, 0.25) is 0 Å². The smallest absolute Gasteiger partial charge is 0.302 e. The fourth-order valence-electron chi connectivity index (χ4n) is 8.24. The third-order valence-electron chi connectivity index (χ3n) is 9.32. The standard InChI is InChI=1S/C25H38O6/c1-14(26)29-17-6-9-25(5)20-7-8-24(4)13-18(30-15(2)27)11-21(24)19(20)12-23(22(25)10-17)31-16(3)28/h17-23H,6-13H2,1-5H3/t17?,18-,19?,20?,21?,22-,23+,24?,25?/m1/s1. The highest BCUT2D eigenvalue weighted by Crippen LogP contribution is 2.66. The molecule has 4 rings (SSSR count). The van der Waals surface area contributed by atoms with E-state index in [2.05, 4.69) is 13.8 Å². The number of fused-ring (bicyclic) bond motifs is 5. The second-order valence-corrected chi connectivity index (χ2v) is 11.2. The Kier molecular flexibility index (Phi) is 5.89. The number of carbonyl (C=O) groups excluding carboxylic acids is 3. The van der Waals surface area contributed by atoms with E-state index >= 15 is 0 Å². The van der Waals surface area contributed by atoms with Crippen LogP contribution in [0.4, 0.5) is 0 Å². The lowest BCUT2D eigenvalue weighted by molar-refractivity contribution is -0.195. The van der Waals surface area contributed by atoms with E-state index < -0.39 is 0 Å². The highest BCUT2D eigenvalue weighted by atomic mass is 16.6. The summed E-state index contributed by atoms with van der Waals surface area (Å²) in [5.74, 6) is 1.07. The van der Waals surface area contributed by atoms with Crippen LogP contribution in [-0.4, -0.2) is 36.2 Å². The monoisotopic (exact) mass is 434 g/mol. The van der Waals surface area contributed by atoms with Gasteiger partial charge < -0.3 is 14.2 Å². The molecule has 0 saturated heterocycles. The van der Waals surface area contributed by atoms with E-state index in [1.807, 2.05) is 0 Å². The fourth-order valence-corrected chi connectivity index (χ4v) is 8.24. The number of rotatable bonds is 3. The van der Waals surface area contributed by atoms with Crippen molar-refractivity contribution >= 4 is 17.9 Å². The van der Waals surface area contributed by atoms with Gasteiger partial charge >= 0.3 is 17.9 Å². The van der Waals surface area contributed by atoms with E-state index in [1.54, 1.807) is 0 Å². The zero-order valence-corrected chi connectivity index (χ0v) is 19.6. The Bertz CT molecular complexity index is 748. The summed E-state index contributed by atoms with van der Waals surface area (Å²) in [6.07, 6.45) is 7.46. The minimum Gasteiger partial charge on any atom is -0.463 e. The second kappa shape index (κ2) is 8.08. The first-order valence-electron chi connectivity index (χ1n) is 12.0. The first-order valence-corrected chi connectivity index (χ1v) is 12.0. The molecule has 6 heteroatoms. The summed E-state index contributed by atoms with van der Waals surface area (Å²) in [5.41, 5.74) is 0.251. The lowest BCUT2D eigenvalue weighted by atomic mass is 9.44. The van der Waals surface area contributed by atoms with Crippen LogP contribution in [0.3, 0.4) is 0 Å². The Morgan fingerprint density at radius 1 is 0.710 bits per heavy atom. The molecule has 31 heavy (non-hydrogen) atoms. The molecule has 4 aliphatic carbocycles. The van der Waals surface area contributed by atoms with E-state index in [-0.39, 0.29) is 53.0 Å². The zero-order valence-electron chi connectivity index (χ0n) is 19.6. The summed E-state index contributed by atoms with van der Waals surface area (Å²) >= 11 is 0. The SMILES string of the molecule is CC(=O)OC1CCC2(C)C3CCC4(C)C[C@H](OC(C)=O)CC4C3C[C@H](OC(C)=O)[C@H]2C1. The molecule has 4 saturated carbocycles. The maximum absolute atomic E-state index is 12.0. The summed E-state index contributed by atoms with van der Waals surface area (Å²) in [4.78, 5) is 35.2. The predicted molar refractivity (Wildman–Crippen MR) is 114 cm³/mol. The molecule has 6 nitrogen and oxygen atoms in total. The van der Waals surface area contributed by atoms with Gasteiger partial charge in [0, 0.05) is 26.7 Å². The van der Waals surface area contributed by atoms with Crippen molar-refractivity contribution in [1.29, 1.82) is 0 Å². The summed E-state index contributed by atoms with van der Waals surface area (Å²) < 4.78 is 17.2. The maximum Gasteiger partial charge on any atom is 0.302 e. The van der Waals surface area contributed by atoms with Gasteiger partial charge in [-0.15, -0.1) is 0 Å². The van der Waals surface area contributed by atoms with Gasteiger partial charge in [0.15, 0.2) is 0 Å². The summed E-state index contributed by atoms with van der Waals surface area (Å²) in [6, 6.07) is 0. The zero-order chi connectivity index (χ0) is 22.6. The van der Waals surface area contributed by atoms with Crippen LogP contribution in [-0.2, 0) is 28.6 Å². The van der Waals surface area contributed by atoms with E-state index in [1.165, 1.54) is 27.2 Å². The third kappa shape index (κ3) is 4.11.